The zero-order chi connectivity index (χ0) is 20.3. The summed E-state index contributed by atoms with van der Waals surface area (Å²) in [7, 11) is 0. The molecule has 2 aromatic rings. The predicted octanol–water partition coefficient (Wildman–Crippen LogP) is 5.22. The fraction of sp³-hybridized carbons (Fsp3) is 0.200. The second-order valence-electron chi connectivity index (χ2n) is 6.30. The van der Waals surface area contributed by atoms with Crippen LogP contribution >= 0.6 is 11.6 Å². The second kappa shape index (κ2) is 8.06. The minimum atomic E-state index is -4.78. The van der Waals surface area contributed by atoms with Crippen LogP contribution in [0.15, 0.2) is 54.6 Å². The van der Waals surface area contributed by atoms with Crippen LogP contribution in [0.3, 0.4) is 0 Å². The maximum absolute atomic E-state index is 12.9. The highest BCUT2D eigenvalue weighted by Crippen LogP contribution is 2.27. The van der Waals surface area contributed by atoms with Crippen molar-refractivity contribution < 1.29 is 18.0 Å². The molecular formula is C20H17ClF3N3O. The van der Waals surface area contributed by atoms with Crippen LogP contribution in [0.1, 0.15) is 22.3 Å². The van der Waals surface area contributed by atoms with E-state index in [2.05, 4.69) is 5.32 Å². The lowest BCUT2D eigenvalue weighted by Crippen LogP contribution is -2.41. The molecule has 0 atom stereocenters. The van der Waals surface area contributed by atoms with Crippen molar-refractivity contribution in [1.82, 2.24) is 4.90 Å². The van der Waals surface area contributed by atoms with Crippen LogP contribution in [0, 0.1) is 5.41 Å². The number of likely N-dealkylation sites (tertiary alicyclic amines) is 1. The van der Waals surface area contributed by atoms with Crippen LogP contribution in [0.25, 0.3) is 5.70 Å². The first kappa shape index (κ1) is 19.9. The van der Waals surface area contributed by atoms with Gasteiger partial charge in [-0.3, -0.25) is 10.2 Å². The fourth-order valence-corrected chi connectivity index (χ4v) is 2.80. The third-order valence-electron chi connectivity index (χ3n) is 4.32. The van der Waals surface area contributed by atoms with Crippen molar-refractivity contribution in [2.24, 2.45) is 0 Å². The molecule has 1 saturated heterocycles. The summed E-state index contributed by atoms with van der Waals surface area (Å²) in [5.41, 5.74) is -0.173. The molecule has 2 aromatic carbocycles. The molecule has 0 aromatic heterocycles. The molecule has 0 bridgehead atoms. The SMILES string of the molecule is N=C(/C=C(\Nc1ccccc1Cl)c1ccc(C(=O)N2CCC2)cc1)C(F)(F)F. The number of amides is 1. The Hall–Kier alpha value is -2.80. The Balaban J connectivity index is 1.92. The van der Waals surface area contributed by atoms with E-state index in [-0.39, 0.29) is 11.6 Å². The lowest BCUT2D eigenvalue weighted by molar-refractivity contribution is -0.0583. The molecule has 1 aliphatic heterocycles. The maximum atomic E-state index is 12.9. The quantitative estimate of drug-likeness (QED) is 0.667. The number of alkyl halides is 3. The largest absolute Gasteiger partial charge is 0.432 e. The molecule has 1 aliphatic rings. The number of carbonyl (C=O) groups is 1. The van der Waals surface area contributed by atoms with Gasteiger partial charge in [-0.2, -0.15) is 13.2 Å². The van der Waals surface area contributed by atoms with Gasteiger partial charge in [0.05, 0.1) is 10.7 Å². The van der Waals surface area contributed by atoms with E-state index in [1.165, 1.54) is 0 Å². The first-order chi connectivity index (χ1) is 13.3. The van der Waals surface area contributed by atoms with E-state index in [4.69, 9.17) is 17.0 Å². The fourth-order valence-electron chi connectivity index (χ4n) is 2.62. The summed E-state index contributed by atoms with van der Waals surface area (Å²) in [5.74, 6) is -0.106. The van der Waals surface area contributed by atoms with Crippen molar-refractivity contribution in [3.63, 3.8) is 0 Å². The summed E-state index contributed by atoms with van der Waals surface area (Å²) in [4.78, 5) is 13.9. The van der Waals surface area contributed by atoms with Gasteiger partial charge in [0.1, 0.15) is 5.71 Å². The van der Waals surface area contributed by atoms with Crippen molar-refractivity contribution in [2.75, 3.05) is 18.4 Å². The molecule has 1 fully saturated rings. The molecule has 0 saturated carbocycles. The van der Waals surface area contributed by atoms with Crippen LogP contribution in [0.4, 0.5) is 18.9 Å². The van der Waals surface area contributed by atoms with E-state index >= 15 is 0 Å². The predicted molar refractivity (Wildman–Crippen MR) is 104 cm³/mol. The number of carbonyl (C=O) groups excluding carboxylic acids is 1. The monoisotopic (exact) mass is 407 g/mol. The molecular weight excluding hydrogens is 391 g/mol. The van der Waals surface area contributed by atoms with Crippen LogP contribution < -0.4 is 5.32 Å². The highest BCUT2D eigenvalue weighted by atomic mass is 35.5. The second-order valence-corrected chi connectivity index (χ2v) is 6.70. The van der Waals surface area contributed by atoms with Crippen LogP contribution in [0.2, 0.25) is 5.02 Å². The van der Waals surface area contributed by atoms with E-state index in [0.29, 0.717) is 41.0 Å². The van der Waals surface area contributed by atoms with E-state index in [9.17, 15) is 18.0 Å². The molecule has 0 unspecified atom stereocenters. The highest BCUT2D eigenvalue weighted by Gasteiger charge is 2.33. The first-order valence-electron chi connectivity index (χ1n) is 8.54. The normalized spacial score (nSPS) is 14.4. The summed E-state index contributed by atoms with van der Waals surface area (Å²) >= 11 is 6.09. The van der Waals surface area contributed by atoms with Crippen molar-refractivity contribution in [1.29, 1.82) is 5.41 Å². The molecule has 0 aliphatic carbocycles. The van der Waals surface area contributed by atoms with Gasteiger partial charge in [-0.1, -0.05) is 35.9 Å². The Morgan fingerprint density at radius 2 is 1.68 bits per heavy atom. The van der Waals surface area contributed by atoms with Gasteiger partial charge in [0, 0.05) is 24.4 Å². The van der Waals surface area contributed by atoms with Gasteiger partial charge in [-0.05, 0) is 42.3 Å². The Kier molecular flexibility index (Phi) is 5.74. The van der Waals surface area contributed by atoms with Crippen LogP contribution in [0.5, 0.6) is 0 Å². The topological polar surface area (TPSA) is 56.2 Å². The lowest BCUT2D eigenvalue weighted by atomic mass is 10.1. The number of para-hydroxylation sites is 1. The number of benzene rings is 2. The zero-order valence-corrected chi connectivity index (χ0v) is 15.4. The third kappa shape index (κ3) is 4.54. The third-order valence-corrected chi connectivity index (χ3v) is 4.65. The Morgan fingerprint density at radius 3 is 2.21 bits per heavy atom. The van der Waals surface area contributed by atoms with Crippen molar-refractivity contribution in [2.45, 2.75) is 12.6 Å². The van der Waals surface area contributed by atoms with Gasteiger partial charge >= 0.3 is 6.18 Å². The minimum Gasteiger partial charge on any atom is -0.354 e. The molecule has 146 valence electrons. The summed E-state index contributed by atoms with van der Waals surface area (Å²) in [6.07, 6.45) is -3.10. The molecule has 28 heavy (non-hydrogen) atoms. The zero-order valence-electron chi connectivity index (χ0n) is 14.7. The Labute approximate surface area is 165 Å². The molecule has 2 N–H and O–H groups in total. The van der Waals surface area contributed by atoms with Crippen molar-refractivity contribution in [3.05, 3.63) is 70.8 Å². The average molecular weight is 408 g/mol. The lowest BCUT2D eigenvalue weighted by Gasteiger charge is -2.30. The summed E-state index contributed by atoms with van der Waals surface area (Å²) in [6.45, 7) is 1.42. The number of hydrogen-bond acceptors (Lipinski definition) is 3. The average Bonchev–Trinajstić information content (AvgIpc) is 2.60. The van der Waals surface area contributed by atoms with E-state index < -0.39 is 11.9 Å². The summed E-state index contributed by atoms with van der Waals surface area (Å²) in [5, 5.41) is 10.5. The molecule has 1 heterocycles. The van der Waals surface area contributed by atoms with Gasteiger partial charge < -0.3 is 10.2 Å². The number of nitrogens with one attached hydrogen (secondary N) is 2. The van der Waals surface area contributed by atoms with E-state index in [0.717, 1.165) is 6.42 Å². The molecule has 0 radical (unpaired) electrons. The van der Waals surface area contributed by atoms with E-state index in [1.807, 2.05) is 0 Å². The minimum absolute atomic E-state index is 0.0541. The number of nitrogens with zero attached hydrogens (tertiary/aromatic N) is 1. The highest BCUT2D eigenvalue weighted by molar-refractivity contribution is 6.33. The van der Waals surface area contributed by atoms with Crippen LogP contribution in [-0.2, 0) is 0 Å². The molecule has 1 amide bonds. The van der Waals surface area contributed by atoms with Gasteiger partial charge in [-0.25, -0.2) is 0 Å². The van der Waals surface area contributed by atoms with Crippen LogP contribution in [-0.4, -0.2) is 35.8 Å². The standard InChI is InChI=1S/C20H17ClF3N3O/c21-15-4-1-2-5-16(15)26-17(12-18(25)20(22,23)24)13-6-8-14(9-7-13)19(28)27-10-3-11-27/h1-2,4-9,12,25-26H,3,10-11H2/b17-12-,25-18?. The summed E-state index contributed by atoms with van der Waals surface area (Å²) in [6, 6.07) is 12.8. The van der Waals surface area contributed by atoms with Gasteiger partial charge in [0.15, 0.2) is 0 Å². The number of hydrogen-bond donors (Lipinski definition) is 2. The summed E-state index contributed by atoms with van der Waals surface area (Å²) < 4.78 is 38.6. The number of halogens is 4. The van der Waals surface area contributed by atoms with Gasteiger partial charge in [0.2, 0.25) is 0 Å². The molecule has 8 heteroatoms. The smallest absolute Gasteiger partial charge is 0.354 e. The van der Waals surface area contributed by atoms with Gasteiger partial charge in [-0.15, -0.1) is 0 Å². The van der Waals surface area contributed by atoms with E-state index in [1.54, 1.807) is 53.4 Å². The van der Waals surface area contributed by atoms with Crippen molar-refractivity contribution in [3.8, 4) is 0 Å². The molecule has 4 nitrogen and oxygen atoms in total. The number of anilines is 1. The van der Waals surface area contributed by atoms with Gasteiger partial charge in [0.25, 0.3) is 5.91 Å². The Bertz CT molecular complexity index is 919. The van der Waals surface area contributed by atoms with Crippen molar-refractivity contribution >= 4 is 34.6 Å². The number of rotatable bonds is 5. The molecule has 3 rings (SSSR count). The molecule has 0 spiro atoms. The number of allylic oxidation sites excluding steroid dienone is 1. The maximum Gasteiger partial charge on any atom is 0.432 e. The Morgan fingerprint density at radius 1 is 1.07 bits per heavy atom. The first-order valence-corrected chi connectivity index (χ1v) is 8.92.